The molecule has 1 aromatic heterocycles. The van der Waals surface area contributed by atoms with Crippen molar-refractivity contribution in [3.63, 3.8) is 0 Å². The second-order valence-corrected chi connectivity index (χ2v) is 5.68. The van der Waals surface area contributed by atoms with Gasteiger partial charge >= 0.3 is 0 Å². The molecule has 1 aliphatic heterocycles. The van der Waals surface area contributed by atoms with E-state index < -0.39 is 0 Å². The number of pyridine rings is 1. The molecule has 2 atom stereocenters. The normalized spacial score (nSPS) is 22.4. The summed E-state index contributed by atoms with van der Waals surface area (Å²) in [4.78, 5) is 4.22. The number of rotatable bonds is 3. The molecular weight excluding hydrogens is 350 g/mol. The number of ether oxygens (including phenoxy) is 2. The van der Waals surface area contributed by atoms with Crippen molar-refractivity contribution in [2.75, 3.05) is 6.61 Å². The molecule has 1 aromatic rings. The van der Waals surface area contributed by atoms with E-state index in [1.165, 1.54) is 6.42 Å². The molecule has 2 heterocycles. The average molecular weight is 365 g/mol. The Morgan fingerprint density at radius 3 is 2.94 bits per heavy atom. The Labute approximate surface area is 118 Å². The van der Waals surface area contributed by atoms with Gasteiger partial charge in [-0.3, -0.25) is 0 Å². The van der Waals surface area contributed by atoms with Crippen molar-refractivity contribution in [1.82, 2.24) is 4.98 Å². The molecule has 1 unspecified atom stereocenters. The molecule has 94 valence electrons. The largest absolute Gasteiger partial charge is 0.353 e. The summed E-state index contributed by atoms with van der Waals surface area (Å²) in [5.74, 6) is 0. The van der Waals surface area contributed by atoms with Crippen LogP contribution in [0.4, 0.5) is 0 Å². The Morgan fingerprint density at radius 2 is 2.29 bits per heavy atom. The van der Waals surface area contributed by atoms with Gasteiger partial charge < -0.3 is 9.47 Å². The van der Waals surface area contributed by atoms with Crippen molar-refractivity contribution in [2.45, 2.75) is 38.6 Å². The summed E-state index contributed by atoms with van der Waals surface area (Å²) in [6.45, 7) is 2.82. The van der Waals surface area contributed by atoms with E-state index in [1.807, 2.05) is 13.0 Å². The zero-order valence-corrected chi connectivity index (χ0v) is 12.8. The molecule has 0 saturated carbocycles. The fourth-order valence-electron chi connectivity index (χ4n) is 1.90. The quantitative estimate of drug-likeness (QED) is 0.753. The van der Waals surface area contributed by atoms with Crippen molar-refractivity contribution in [2.24, 2.45) is 0 Å². The first-order chi connectivity index (χ1) is 8.18. The average Bonchev–Trinajstić information content (AvgIpc) is 2.30. The molecule has 1 fully saturated rings. The van der Waals surface area contributed by atoms with E-state index in [0.717, 1.165) is 34.1 Å². The standard InChI is InChI=1S/C12H15Br2NO2/c1-8(17-10-4-2-3-7-16-10)11-9(13)5-6-15-12(11)14/h5-6,8,10H,2-4,7H2,1H3/t8-,10?/m0/s1. The van der Waals surface area contributed by atoms with Gasteiger partial charge in [0.2, 0.25) is 0 Å². The highest BCUT2D eigenvalue weighted by Crippen LogP contribution is 2.32. The minimum atomic E-state index is -0.0854. The SMILES string of the molecule is C[C@H](OC1CCCCO1)c1c(Br)ccnc1Br. The van der Waals surface area contributed by atoms with Crippen LogP contribution < -0.4 is 0 Å². The van der Waals surface area contributed by atoms with Gasteiger partial charge in [0.15, 0.2) is 6.29 Å². The first-order valence-electron chi connectivity index (χ1n) is 5.75. The second-order valence-electron chi connectivity index (χ2n) is 4.07. The fraction of sp³-hybridized carbons (Fsp3) is 0.583. The summed E-state index contributed by atoms with van der Waals surface area (Å²) in [5, 5.41) is 0. The van der Waals surface area contributed by atoms with E-state index in [2.05, 4.69) is 36.8 Å². The minimum Gasteiger partial charge on any atom is -0.353 e. The van der Waals surface area contributed by atoms with Crippen LogP contribution in [0.15, 0.2) is 21.3 Å². The molecule has 0 spiro atoms. The molecule has 0 amide bonds. The monoisotopic (exact) mass is 363 g/mol. The summed E-state index contributed by atoms with van der Waals surface area (Å²) >= 11 is 6.97. The van der Waals surface area contributed by atoms with E-state index in [4.69, 9.17) is 9.47 Å². The van der Waals surface area contributed by atoms with Crippen molar-refractivity contribution in [3.05, 3.63) is 26.9 Å². The van der Waals surface area contributed by atoms with Gasteiger partial charge in [0.1, 0.15) is 4.60 Å². The Morgan fingerprint density at radius 1 is 1.47 bits per heavy atom. The predicted octanol–water partition coefficient (Wildman–Crippen LogP) is 4.21. The number of aromatic nitrogens is 1. The molecule has 1 saturated heterocycles. The van der Waals surface area contributed by atoms with Crippen molar-refractivity contribution in [1.29, 1.82) is 0 Å². The Balaban J connectivity index is 2.05. The van der Waals surface area contributed by atoms with Gasteiger partial charge in [-0.1, -0.05) is 15.9 Å². The molecule has 2 rings (SSSR count). The molecule has 0 aromatic carbocycles. The lowest BCUT2D eigenvalue weighted by Gasteiger charge is -2.26. The molecular formula is C12H15Br2NO2. The lowest BCUT2D eigenvalue weighted by molar-refractivity contribution is -0.186. The molecule has 17 heavy (non-hydrogen) atoms. The zero-order valence-electron chi connectivity index (χ0n) is 9.66. The molecule has 0 radical (unpaired) electrons. The van der Waals surface area contributed by atoms with E-state index in [-0.39, 0.29) is 12.4 Å². The summed E-state index contributed by atoms with van der Waals surface area (Å²) in [6, 6.07) is 1.92. The molecule has 0 aliphatic carbocycles. The Hall–Kier alpha value is 0.0300. The van der Waals surface area contributed by atoms with Gasteiger partial charge in [0, 0.05) is 22.8 Å². The Bertz CT molecular complexity index is 361. The third-order valence-electron chi connectivity index (χ3n) is 2.79. The van der Waals surface area contributed by atoms with Crippen LogP contribution in [0.5, 0.6) is 0 Å². The summed E-state index contributed by atoms with van der Waals surface area (Å²) in [6.07, 6.45) is 4.90. The highest BCUT2D eigenvalue weighted by atomic mass is 79.9. The zero-order chi connectivity index (χ0) is 12.3. The first-order valence-corrected chi connectivity index (χ1v) is 7.34. The van der Waals surface area contributed by atoms with Crippen LogP contribution in [0.25, 0.3) is 0 Å². The van der Waals surface area contributed by atoms with Crippen molar-refractivity contribution in [3.8, 4) is 0 Å². The highest BCUT2D eigenvalue weighted by molar-refractivity contribution is 9.11. The maximum atomic E-state index is 5.92. The minimum absolute atomic E-state index is 0.0458. The van der Waals surface area contributed by atoms with Crippen LogP contribution in [-0.2, 0) is 9.47 Å². The lowest BCUT2D eigenvalue weighted by atomic mass is 10.1. The van der Waals surface area contributed by atoms with Crippen LogP contribution >= 0.6 is 31.9 Å². The van der Waals surface area contributed by atoms with Crippen LogP contribution in [-0.4, -0.2) is 17.9 Å². The maximum absolute atomic E-state index is 5.92. The van der Waals surface area contributed by atoms with Crippen LogP contribution in [0.2, 0.25) is 0 Å². The summed E-state index contributed by atoms with van der Waals surface area (Å²) in [5.41, 5.74) is 1.03. The summed E-state index contributed by atoms with van der Waals surface area (Å²) in [7, 11) is 0. The van der Waals surface area contributed by atoms with Crippen molar-refractivity contribution < 1.29 is 9.47 Å². The molecule has 1 aliphatic rings. The first kappa shape index (κ1) is 13.5. The number of nitrogens with zero attached hydrogens (tertiary/aromatic N) is 1. The molecule has 3 nitrogen and oxygen atoms in total. The van der Waals surface area contributed by atoms with E-state index in [9.17, 15) is 0 Å². The Kier molecular flexibility index (Phi) is 4.97. The van der Waals surface area contributed by atoms with Crippen LogP contribution in [0.1, 0.15) is 37.9 Å². The highest BCUT2D eigenvalue weighted by Gasteiger charge is 2.21. The third-order valence-corrected chi connectivity index (χ3v) is 4.11. The smallest absolute Gasteiger partial charge is 0.158 e. The van der Waals surface area contributed by atoms with Gasteiger partial charge in [-0.15, -0.1) is 0 Å². The maximum Gasteiger partial charge on any atom is 0.158 e. The predicted molar refractivity (Wildman–Crippen MR) is 72.7 cm³/mol. The van der Waals surface area contributed by atoms with Gasteiger partial charge in [-0.25, -0.2) is 4.98 Å². The van der Waals surface area contributed by atoms with E-state index in [0.29, 0.717) is 0 Å². The second kappa shape index (κ2) is 6.27. The number of halogens is 2. The van der Waals surface area contributed by atoms with Crippen molar-refractivity contribution >= 4 is 31.9 Å². The molecule has 5 heteroatoms. The number of hydrogen-bond donors (Lipinski definition) is 0. The molecule has 0 N–H and O–H groups in total. The number of hydrogen-bond acceptors (Lipinski definition) is 3. The lowest BCUT2D eigenvalue weighted by Crippen LogP contribution is -2.23. The van der Waals surface area contributed by atoms with Crippen LogP contribution in [0, 0.1) is 0 Å². The van der Waals surface area contributed by atoms with Gasteiger partial charge in [-0.2, -0.15) is 0 Å². The molecule has 0 bridgehead atoms. The van der Waals surface area contributed by atoms with Crippen LogP contribution in [0.3, 0.4) is 0 Å². The van der Waals surface area contributed by atoms with E-state index >= 15 is 0 Å². The van der Waals surface area contributed by atoms with Gasteiger partial charge in [-0.05, 0) is 48.2 Å². The topological polar surface area (TPSA) is 31.4 Å². The summed E-state index contributed by atoms with van der Waals surface area (Å²) < 4.78 is 13.3. The van der Waals surface area contributed by atoms with E-state index in [1.54, 1.807) is 6.20 Å². The fourth-order valence-corrected chi connectivity index (χ4v) is 3.45. The third kappa shape index (κ3) is 3.50. The van der Waals surface area contributed by atoms with Gasteiger partial charge in [0.25, 0.3) is 0 Å². The van der Waals surface area contributed by atoms with Gasteiger partial charge in [0.05, 0.1) is 6.10 Å².